The lowest BCUT2D eigenvalue weighted by Crippen LogP contribution is -2.18. The smallest absolute Gasteiger partial charge is 0.234 e. The van der Waals surface area contributed by atoms with Crippen molar-refractivity contribution in [1.29, 1.82) is 0 Å². The number of aryl methyl sites for hydroxylation is 1. The number of hydrogen-bond donors (Lipinski definition) is 1. The third kappa shape index (κ3) is 4.56. The Kier molecular flexibility index (Phi) is 5.98. The molecule has 4 rings (SSSR count). The first-order valence-corrected chi connectivity index (χ1v) is 11.3. The quantitative estimate of drug-likeness (QED) is 0.550. The predicted octanol–water partition coefficient (Wildman–Crippen LogP) is 5.45. The summed E-state index contributed by atoms with van der Waals surface area (Å²) in [4.78, 5) is 19.4. The molecule has 2 aromatic carbocycles. The fraction of sp³-hybridized carbons (Fsp3) is 0.273. The Balaban J connectivity index is 1.33. The minimum absolute atomic E-state index is 0.00140. The number of nitrogens with zero attached hydrogens (tertiary/aromatic N) is 2. The molecule has 144 valence electrons. The van der Waals surface area contributed by atoms with Crippen molar-refractivity contribution in [1.82, 2.24) is 4.98 Å². The molecule has 1 saturated heterocycles. The van der Waals surface area contributed by atoms with Crippen LogP contribution in [-0.2, 0) is 4.79 Å². The molecule has 1 aliphatic heterocycles. The van der Waals surface area contributed by atoms with Gasteiger partial charge in [-0.05, 0) is 43.5 Å². The maximum atomic E-state index is 12.4. The molecule has 2 heterocycles. The van der Waals surface area contributed by atoms with Gasteiger partial charge < -0.3 is 10.2 Å². The summed E-state index contributed by atoms with van der Waals surface area (Å²) in [7, 11) is 0. The van der Waals surface area contributed by atoms with Gasteiger partial charge in [-0.25, -0.2) is 4.98 Å². The van der Waals surface area contributed by atoms with Crippen LogP contribution in [0.25, 0.3) is 11.3 Å². The Labute approximate surface area is 174 Å². The Hall–Kier alpha value is -2.31. The molecule has 6 heteroatoms. The van der Waals surface area contributed by atoms with Crippen LogP contribution in [0.4, 0.5) is 11.4 Å². The van der Waals surface area contributed by atoms with Crippen LogP contribution in [0.15, 0.2) is 58.3 Å². The van der Waals surface area contributed by atoms with Crippen molar-refractivity contribution in [2.75, 3.05) is 29.1 Å². The van der Waals surface area contributed by atoms with E-state index >= 15 is 0 Å². The zero-order valence-corrected chi connectivity index (χ0v) is 17.5. The average Bonchev–Trinajstić information content (AvgIpc) is 3.41. The number of carbonyl (C=O) groups excluding carboxylic acids is 1. The zero-order valence-electron chi connectivity index (χ0n) is 15.9. The first-order chi connectivity index (χ1) is 13.7. The van der Waals surface area contributed by atoms with Crippen molar-refractivity contribution >= 4 is 40.4 Å². The number of amides is 1. The van der Waals surface area contributed by atoms with E-state index in [4.69, 9.17) is 0 Å². The molecule has 0 aliphatic carbocycles. The van der Waals surface area contributed by atoms with Crippen molar-refractivity contribution in [2.24, 2.45) is 0 Å². The van der Waals surface area contributed by atoms with E-state index in [0.29, 0.717) is 5.75 Å². The topological polar surface area (TPSA) is 45.2 Å². The van der Waals surface area contributed by atoms with E-state index in [9.17, 15) is 4.79 Å². The van der Waals surface area contributed by atoms with Crippen LogP contribution < -0.4 is 10.2 Å². The summed E-state index contributed by atoms with van der Waals surface area (Å²) in [6.07, 6.45) is 2.52. The normalized spacial score (nSPS) is 13.7. The van der Waals surface area contributed by atoms with E-state index < -0.39 is 0 Å². The third-order valence-corrected chi connectivity index (χ3v) is 6.86. The molecule has 0 spiro atoms. The largest absolute Gasteiger partial charge is 0.372 e. The Bertz CT molecular complexity index is 949. The van der Waals surface area contributed by atoms with Crippen LogP contribution >= 0.6 is 23.1 Å². The SMILES string of the molecule is Cc1cc(N2CCCC2)ccc1NC(=O)CSc1nc(-c2ccccc2)cs1. The third-order valence-electron chi connectivity index (χ3n) is 4.83. The lowest BCUT2D eigenvalue weighted by atomic mass is 10.1. The van der Waals surface area contributed by atoms with E-state index in [-0.39, 0.29) is 5.91 Å². The molecule has 0 atom stereocenters. The van der Waals surface area contributed by atoms with Crippen molar-refractivity contribution in [2.45, 2.75) is 24.1 Å². The van der Waals surface area contributed by atoms with Gasteiger partial charge in [-0.3, -0.25) is 4.79 Å². The van der Waals surface area contributed by atoms with E-state index in [2.05, 4.69) is 34.3 Å². The average molecular weight is 410 g/mol. The van der Waals surface area contributed by atoms with Gasteiger partial charge in [-0.1, -0.05) is 42.1 Å². The lowest BCUT2D eigenvalue weighted by molar-refractivity contribution is -0.113. The summed E-state index contributed by atoms with van der Waals surface area (Å²) in [6.45, 7) is 4.30. The van der Waals surface area contributed by atoms with E-state index in [1.54, 1.807) is 11.3 Å². The van der Waals surface area contributed by atoms with Crippen LogP contribution in [0, 0.1) is 6.92 Å². The fourth-order valence-electron chi connectivity index (χ4n) is 3.34. The molecule has 1 aromatic heterocycles. The highest BCUT2D eigenvalue weighted by Gasteiger charge is 2.14. The Morgan fingerprint density at radius 2 is 1.96 bits per heavy atom. The summed E-state index contributed by atoms with van der Waals surface area (Å²) >= 11 is 3.06. The van der Waals surface area contributed by atoms with Gasteiger partial charge >= 0.3 is 0 Å². The maximum absolute atomic E-state index is 12.4. The molecule has 0 radical (unpaired) electrons. The zero-order chi connectivity index (χ0) is 19.3. The van der Waals surface area contributed by atoms with Gasteiger partial charge in [0.25, 0.3) is 0 Å². The van der Waals surface area contributed by atoms with Gasteiger partial charge in [0.15, 0.2) is 4.34 Å². The molecule has 1 aliphatic rings. The molecule has 4 nitrogen and oxygen atoms in total. The summed E-state index contributed by atoms with van der Waals surface area (Å²) < 4.78 is 0.912. The molecule has 1 amide bonds. The van der Waals surface area contributed by atoms with Gasteiger partial charge in [0.1, 0.15) is 0 Å². The maximum Gasteiger partial charge on any atom is 0.234 e. The highest BCUT2D eigenvalue weighted by atomic mass is 32.2. The molecule has 3 aromatic rings. The first-order valence-electron chi connectivity index (χ1n) is 9.48. The van der Waals surface area contributed by atoms with Crippen molar-refractivity contribution in [3.8, 4) is 11.3 Å². The second-order valence-electron chi connectivity index (χ2n) is 6.89. The first kappa shape index (κ1) is 19.0. The molecule has 1 fully saturated rings. The van der Waals surface area contributed by atoms with Crippen LogP contribution in [0.2, 0.25) is 0 Å². The molecule has 1 N–H and O–H groups in total. The molecule has 0 unspecified atom stereocenters. The number of hydrogen-bond acceptors (Lipinski definition) is 5. The van der Waals surface area contributed by atoms with E-state index in [1.165, 1.54) is 30.3 Å². The number of aromatic nitrogens is 1. The highest BCUT2D eigenvalue weighted by Crippen LogP contribution is 2.29. The van der Waals surface area contributed by atoms with E-state index in [1.807, 2.05) is 41.8 Å². The number of anilines is 2. The Morgan fingerprint density at radius 1 is 1.18 bits per heavy atom. The van der Waals surface area contributed by atoms with Crippen molar-refractivity contribution in [3.63, 3.8) is 0 Å². The summed E-state index contributed by atoms with van der Waals surface area (Å²) in [5.41, 5.74) is 5.30. The van der Waals surface area contributed by atoms with Gasteiger partial charge in [0.2, 0.25) is 5.91 Å². The van der Waals surface area contributed by atoms with Gasteiger partial charge in [0, 0.05) is 35.4 Å². The second kappa shape index (κ2) is 8.80. The minimum atomic E-state index is -0.00140. The molecule has 0 saturated carbocycles. The number of thioether (sulfide) groups is 1. The Morgan fingerprint density at radius 3 is 2.71 bits per heavy atom. The predicted molar refractivity (Wildman–Crippen MR) is 120 cm³/mol. The monoisotopic (exact) mass is 409 g/mol. The van der Waals surface area contributed by atoms with Gasteiger partial charge in [-0.2, -0.15) is 0 Å². The van der Waals surface area contributed by atoms with Gasteiger partial charge in [0.05, 0.1) is 11.4 Å². The molecule has 28 heavy (non-hydrogen) atoms. The van der Waals surface area contributed by atoms with E-state index in [0.717, 1.165) is 39.9 Å². The lowest BCUT2D eigenvalue weighted by Gasteiger charge is -2.19. The molecular weight excluding hydrogens is 386 g/mol. The van der Waals surface area contributed by atoms with Gasteiger partial charge in [-0.15, -0.1) is 11.3 Å². The summed E-state index contributed by atoms with van der Waals surface area (Å²) in [5.74, 6) is 0.355. The van der Waals surface area contributed by atoms with Crippen LogP contribution in [0.1, 0.15) is 18.4 Å². The van der Waals surface area contributed by atoms with Crippen molar-refractivity contribution in [3.05, 3.63) is 59.5 Å². The molecule has 0 bridgehead atoms. The second-order valence-corrected chi connectivity index (χ2v) is 8.98. The summed E-state index contributed by atoms with van der Waals surface area (Å²) in [5, 5.41) is 5.07. The molecular formula is C22H23N3OS2. The number of thiazole rings is 1. The number of nitrogens with one attached hydrogen (secondary N) is 1. The minimum Gasteiger partial charge on any atom is -0.372 e. The fourth-order valence-corrected chi connectivity index (χ4v) is 4.97. The number of rotatable bonds is 6. The summed E-state index contributed by atoms with van der Waals surface area (Å²) in [6, 6.07) is 16.4. The van der Waals surface area contributed by atoms with Crippen LogP contribution in [0.5, 0.6) is 0 Å². The van der Waals surface area contributed by atoms with Crippen molar-refractivity contribution < 1.29 is 4.79 Å². The van der Waals surface area contributed by atoms with Crippen LogP contribution in [-0.4, -0.2) is 29.7 Å². The highest BCUT2D eigenvalue weighted by molar-refractivity contribution is 8.01. The number of carbonyl (C=O) groups is 1. The number of benzene rings is 2. The standard InChI is InChI=1S/C22H23N3OS2/c1-16-13-18(25-11-5-6-12-25)9-10-19(16)23-21(26)15-28-22-24-20(14-27-22)17-7-3-2-4-8-17/h2-4,7-10,13-14H,5-6,11-12,15H2,1H3,(H,23,26). The van der Waals surface area contributed by atoms with Crippen LogP contribution in [0.3, 0.4) is 0 Å².